The van der Waals surface area contributed by atoms with Crippen LogP contribution in [0.1, 0.15) is 11.1 Å². The van der Waals surface area contributed by atoms with Gasteiger partial charge in [0, 0.05) is 10.0 Å². The zero-order valence-corrected chi connectivity index (χ0v) is 14.5. The highest BCUT2D eigenvalue weighted by Crippen LogP contribution is 2.30. The highest BCUT2D eigenvalue weighted by atomic mass is 35.5. The van der Waals surface area contributed by atoms with E-state index >= 15 is 0 Å². The van der Waals surface area contributed by atoms with Gasteiger partial charge in [-0.25, -0.2) is 4.99 Å². The van der Waals surface area contributed by atoms with Crippen molar-refractivity contribution in [1.29, 1.82) is 0 Å². The van der Waals surface area contributed by atoms with E-state index in [4.69, 9.17) is 23.2 Å². The van der Waals surface area contributed by atoms with Crippen molar-refractivity contribution in [3.8, 4) is 0 Å². The van der Waals surface area contributed by atoms with Gasteiger partial charge in [0.2, 0.25) is 0 Å². The second-order valence-corrected chi connectivity index (χ2v) is 6.87. The second-order valence-electron chi connectivity index (χ2n) is 4.96. The standard InChI is InChI=1S/C17H12Cl2N2OS/c1-10-2-5-13(19)9-14(10)20-17-21-16(22)15(23-17)8-11-3-6-12(18)7-4-11/h2-9H,1H3,(H,20,21,22)/b15-8-. The molecule has 0 aromatic heterocycles. The predicted molar refractivity (Wildman–Crippen MR) is 98.4 cm³/mol. The fourth-order valence-electron chi connectivity index (χ4n) is 2.00. The minimum absolute atomic E-state index is 0.164. The zero-order chi connectivity index (χ0) is 16.4. The van der Waals surface area contributed by atoms with Crippen LogP contribution in [0.25, 0.3) is 6.08 Å². The predicted octanol–water partition coefficient (Wildman–Crippen LogP) is 5.19. The van der Waals surface area contributed by atoms with Gasteiger partial charge in [-0.15, -0.1) is 0 Å². The van der Waals surface area contributed by atoms with Gasteiger partial charge in [-0.1, -0.05) is 41.4 Å². The van der Waals surface area contributed by atoms with Gasteiger partial charge in [0.1, 0.15) is 0 Å². The SMILES string of the molecule is Cc1ccc(Cl)cc1N=C1NC(=O)/C(=C/c2ccc(Cl)cc2)S1. The Hall–Kier alpha value is -1.75. The van der Waals surface area contributed by atoms with Crippen molar-refractivity contribution in [2.75, 3.05) is 0 Å². The summed E-state index contributed by atoms with van der Waals surface area (Å²) in [6, 6.07) is 12.8. The number of rotatable bonds is 2. The molecule has 23 heavy (non-hydrogen) atoms. The number of hydrogen-bond acceptors (Lipinski definition) is 3. The number of carbonyl (C=O) groups excluding carboxylic acids is 1. The minimum atomic E-state index is -0.164. The Labute approximate surface area is 148 Å². The van der Waals surface area contributed by atoms with Gasteiger partial charge in [-0.2, -0.15) is 0 Å². The summed E-state index contributed by atoms with van der Waals surface area (Å²) in [6.07, 6.45) is 1.81. The van der Waals surface area contributed by atoms with Gasteiger partial charge in [-0.3, -0.25) is 4.79 Å². The summed E-state index contributed by atoms with van der Waals surface area (Å²) in [5.41, 5.74) is 2.65. The molecule has 3 nitrogen and oxygen atoms in total. The monoisotopic (exact) mass is 362 g/mol. The van der Waals surface area contributed by atoms with E-state index in [-0.39, 0.29) is 5.91 Å². The van der Waals surface area contributed by atoms with E-state index in [1.807, 2.05) is 37.3 Å². The first-order valence-electron chi connectivity index (χ1n) is 6.82. The van der Waals surface area contributed by atoms with E-state index in [0.29, 0.717) is 20.1 Å². The molecule has 1 saturated heterocycles. The third kappa shape index (κ3) is 3.96. The molecular weight excluding hydrogens is 351 g/mol. The third-order valence-corrected chi connectivity index (χ3v) is 4.61. The molecule has 116 valence electrons. The summed E-state index contributed by atoms with van der Waals surface area (Å²) in [4.78, 5) is 17.1. The van der Waals surface area contributed by atoms with Crippen LogP contribution in [0.3, 0.4) is 0 Å². The van der Waals surface area contributed by atoms with E-state index in [1.54, 1.807) is 18.2 Å². The van der Waals surface area contributed by atoms with Crippen molar-refractivity contribution in [3.05, 3.63) is 68.5 Å². The molecule has 2 aromatic rings. The average Bonchev–Trinajstić information content (AvgIpc) is 2.85. The largest absolute Gasteiger partial charge is 0.300 e. The highest BCUT2D eigenvalue weighted by Gasteiger charge is 2.23. The van der Waals surface area contributed by atoms with E-state index < -0.39 is 0 Å². The Kier molecular flexibility index (Phi) is 4.76. The first kappa shape index (κ1) is 16.1. The van der Waals surface area contributed by atoms with E-state index in [2.05, 4.69) is 10.3 Å². The Morgan fingerprint density at radius 3 is 2.52 bits per heavy atom. The summed E-state index contributed by atoms with van der Waals surface area (Å²) >= 11 is 13.2. The van der Waals surface area contributed by atoms with Crippen molar-refractivity contribution in [3.63, 3.8) is 0 Å². The number of amides is 1. The summed E-state index contributed by atoms with van der Waals surface area (Å²) in [6.45, 7) is 1.95. The lowest BCUT2D eigenvalue weighted by molar-refractivity contribution is -0.115. The lowest BCUT2D eigenvalue weighted by Crippen LogP contribution is -2.19. The summed E-state index contributed by atoms with van der Waals surface area (Å²) < 4.78 is 0. The van der Waals surface area contributed by atoms with Gasteiger partial charge >= 0.3 is 0 Å². The van der Waals surface area contributed by atoms with Crippen LogP contribution in [0.4, 0.5) is 5.69 Å². The number of carbonyl (C=O) groups is 1. The minimum Gasteiger partial charge on any atom is -0.300 e. The zero-order valence-electron chi connectivity index (χ0n) is 12.1. The fraction of sp³-hybridized carbons (Fsp3) is 0.0588. The Morgan fingerprint density at radius 2 is 1.78 bits per heavy atom. The number of benzene rings is 2. The maximum atomic E-state index is 12.1. The molecule has 1 heterocycles. The number of halogens is 2. The molecule has 1 N–H and O–H groups in total. The molecule has 0 unspecified atom stereocenters. The Bertz CT molecular complexity index is 829. The van der Waals surface area contributed by atoms with Crippen LogP contribution < -0.4 is 5.32 Å². The molecule has 0 bridgehead atoms. The maximum absolute atomic E-state index is 12.1. The van der Waals surface area contributed by atoms with Crippen molar-refractivity contribution in [1.82, 2.24) is 5.32 Å². The van der Waals surface area contributed by atoms with Crippen molar-refractivity contribution < 1.29 is 4.79 Å². The molecule has 1 amide bonds. The molecule has 1 fully saturated rings. The first-order valence-corrected chi connectivity index (χ1v) is 8.40. The van der Waals surface area contributed by atoms with Gasteiger partial charge in [0.15, 0.2) is 5.17 Å². The quantitative estimate of drug-likeness (QED) is 0.746. The van der Waals surface area contributed by atoms with E-state index in [1.165, 1.54) is 11.8 Å². The molecular formula is C17H12Cl2N2OS. The maximum Gasteiger partial charge on any atom is 0.264 e. The number of nitrogens with zero attached hydrogens (tertiary/aromatic N) is 1. The third-order valence-electron chi connectivity index (χ3n) is 3.21. The normalized spacial score (nSPS) is 17.8. The van der Waals surface area contributed by atoms with E-state index in [0.717, 1.165) is 16.8 Å². The Balaban J connectivity index is 1.86. The van der Waals surface area contributed by atoms with Crippen LogP contribution in [-0.4, -0.2) is 11.1 Å². The molecule has 0 saturated carbocycles. The number of nitrogens with one attached hydrogen (secondary N) is 1. The molecule has 0 atom stereocenters. The first-order chi connectivity index (χ1) is 11.0. The van der Waals surface area contributed by atoms with Crippen LogP contribution in [0.15, 0.2) is 52.4 Å². The van der Waals surface area contributed by atoms with Crippen LogP contribution in [0, 0.1) is 6.92 Å². The molecule has 2 aromatic carbocycles. The summed E-state index contributed by atoms with van der Waals surface area (Å²) in [5, 5.41) is 4.58. The van der Waals surface area contributed by atoms with Gasteiger partial charge in [0.25, 0.3) is 5.91 Å². The molecule has 6 heteroatoms. The van der Waals surface area contributed by atoms with Crippen LogP contribution >= 0.6 is 35.0 Å². The summed E-state index contributed by atoms with van der Waals surface area (Å²) in [5.74, 6) is -0.164. The number of amidine groups is 1. The number of aryl methyl sites for hydroxylation is 1. The van der Waals surface area contributed by atoms with Crippen molar-refractivity contribution in [2.45, 2.75) is 6.92 Å². The fourth-order valence-corrected chi connectivity index (χ4v) is 3.13. The molecule has 1 aliphatic heterocycles. The van der Waals surface area contributed by atoms with Gasteiger partial charge in [-0.05, 0) is 60.2 Å². The van der Waals surface area contributed by atoms with Crippen LogP contribution in [0.2, 0.25) is 10.0 Å². The lowest BCUT2D eigenvalue weighted by Gasteiger charge is -2.01. The average molecular weight is 363 g/mol. The Morgan fingerprint density at radius 1 is 1.09 bits per heavy atom. The van der Waals surface area contributed by atoms with Crippen LogP contribution in [-0.2, 0) is 4.79 Å². The second kappa shape index (κ2) is 6.79. The van der Waals surface area contributed by atoms with Crippen molar-refractivity contribution in [2.24, 2.45) is 4.99 Å². The smallest absolute Gasteiger partial charge is 0.264 e. The molecule has 0 spiro atoms. The van der Waals surface area contributed by atoms with Gasteiger partial charge < -0.3 is 5.32 Å². The summed E-state index contributed by atoms with van der Waals surface area (Å²) in [7, 11) is 0. The van der Waals surface area contributed by atoms with Gasteiger partial charge in [0.05, 0.1) is 10.6 Å². The van der Waals surface area contributed by atoms with E-state index in [9.17, 15) is 4.79 Å². The molecule has 0 aliphatic carbocycles. The number of hydrogen-bond donors (Lipinski definition) is 1. The molecule has 0 radical (unpaired) electrons. The lowest BCUT2D eigenvalue weighted by atomic mass is 10.2. The number of thioether (sulfide) groups is 1. The van der Waals surface area contributed by atoms with Crippen LogP contribution in [0.5, 0.6) is 0 Å². The highest BCUT2D eigenvalue weighted by molar-refractivity contribution is 8.18. The molecule has 1 aliphatic rings. The van der Waals surface area contributed by atoms with Crippen molar-refractivity contribution >= 4 is 57.8 Å². The number of aliphatic imine (C=N–C) groups is 1. The topological polar surface area (TPSA) is 41.5 Å². The molecule has 3 rings (SSSR count).